The Kier molecular flexibility index (Phi) is 6.60. The van der Waals surface area contributed by atoms with E-state index in [1.807, 2.05) is 6.92 Å². The maximum Gasteiger partial charge on any atom is 0.347 e. The van der Waals surface area contributed by atoms with Crippen LogP contribution in [0.5, 0.6) is 0 Å². The zero-order chi connectivity index (χ0) is 15.2. The largest absolute Gasteiger partial charge is 0.477 e. The van der Waals surface area contributed by atoms with E-state index in [4.69, 9.17) is 9.84 Å². The van der Waals surface area contributed by atoms with E-state index in [1.165, 1.54) is 5.38 Å². The first-order chi connectivity index (χ1) is 9.40. The fraction of sp³-hybridized carbons (Fsp3) is 0.583. The van der Waals surface area contributed by atoms with E-state index in [1.54, 1.807) is 6.92 Å². The molecule has 0 atom stereocenters. The first-order valence-corrected chi connectivity index (χ1v) is 8.65. The average Bonchev–Trinajstić information content (AvgIpc) is 2.76. The van der Waals surface area contributed by atoms with Crippen LogP contribution in [0.2, 0.25) is 0 Å². The minimum atomic E-state index is -3.79. The van der Waals surface area contributed by atoms with Crippen LogP contribution in [0.25, 0.3) is 0 Å². The van der Waals surface area contributed by atoms with Gasteiger partial charge in [0.25, 0.3) is 0 Å². The molecule has 2 N–H and O–H groups in total. The van der Waals surface area contributed by atoms with E-state index in [2.05, 4.69) is 4.72 Å². The lowest BCUT2D eigenvalue weighted by Crippen LogP contribution is -2.27. The number of rotatable bonds is 9. The van der Waals surface area contributed by atoms with Crippen molar-refractivity contribution in [2.75, 3.05) is 19.8 Å². The molecule has 0 amide bonds. The molecule has 1 heterocycles. The van der Waals surface area contributed by atoms with Crippen molar-refractivity contribution in [3.63, 3.8) is 0 Å². The molecule has 8 heteroatoms. The minimum absolute atomic E-state index is 0.135. The van der Waals surface area contributed by atoms with Gasteiger partial charge in [0.1, 0.15) is 9.77 Å². The third-order valence-electron chi connectivity index (χ3n) is 2.49. The summed E-state index contributed by atoms with van der Waals surface area (Å²) in [5.74, 6) is -1.23. The van der Waals surface area contributed by atoms with Crippen LogP contribution in [0, 0.1) is 6.92 Å². The molecule has 0 aliphatic carbocycles. The van der Waals surface area contributed by atoms with Crippen LogP contribution in [0.15, 0.2) is 10.3 Å². The summed E-state index contributed by atoms with van der Waals surface area (Å²) in [6.45, 7) is 4.93. The van der Waals surface area contributed by atoms with Crippen molar-refractivity contribution in [3.05, 3.63) is 15.8 Å². The first-order valence-electron chi connectivity index (χ1n) is 6.29. The summed E-state index contributed by atoms with van der Waals surface area (Å²) < 4.78 is 31.9. The van der Waals surface area contributed by atoms with Gasteiger partial charge in [-0.25, -0.2) is 17.9 Å². The maximum absolute atomic E-state index is 12.1. The molecule has 1 aromatic rings. The van der Waals surface area contributed by atoms with Gasteiger partial charge in [0.15, 0.2) is 0 Å². The Morgan fingerprint density at radius 1 is 1.45 bits per heavy atom. The van der Waals surface area contributed by atoms with Crippen molar-refractivity contribution in [3.8, 4) is 0 Å². The van der Waals surface area contributed by atoms with Crippen LogP contribution in [0.4, 0.5) is 0 Å². The SMILES string of the molecule is CCCOCCCNS(=O)(=O)c1c(C)csc1C(=O)O. The normalized spacial score (nSPS) is 11.7. The average molecular weight is 321 g/mol. The molecule has 0 aliphatic heterocycles. The number of hydrogen-bond donors (Lipinski definition) is 2. The van der Waals surface area contributed by atoms with Crippen molar-refractivity contribution in [1.82, 2.24) is 4.72 Å². The summed E-state index contributed by atoms with van der Waals surface area (Å²) in [6, 6.07) is 0. The Morgan fingerprint density at radius 2 is 2.15 bits per heavy atom. The van der Waals surface area contributed by atoms with Gasteiger partial charge in [0, 0.05) is 19.8 Å². The molecule has 0 saturated carbocycles. The number of carboxylic acid groups (broad SMARTS) is 1. The van der Waals surface area contributed by atoms with E-state index in [0.717, 1.165) is 17.8 Å². The van der Waals surface area contributed by atoms with Crippen molar-refractivity contribution in [2.24, 2.45) is 0 Å². The molecule has 1 aromatic heterocycles. The highest BCUT2D eigenvalue weighted by atomic mass is 32.2. The highest BCUT2D eigenvalue weighted by Gasteiger charge is 2.26. The van der Waals surface area contributed by atoms with Gasteiger partial charge in [-0.3, -0.25) is 0 Å². The maximum atomic E-state index is 12.1. The molecule has 0 aromatic carbocycles. The van der Waals surface area contributed by atoms with Gasteiger partial charge in [-0.15, -0.1) is 11.3 Å². The van der Waals surface area contributed by atoms with Crippen LogP contribution in [0.1, 0.15) is 35.0 Å². The second kappa shape index (κ2) is 7.72. The number of nitrogens with one attached hydrogen (secondary N) is 1. The van der Waals surface area contributed by atoms with E-state index < -0.39 is 16.0 Å². The molecule has 0 saturated heterocycles. The Labute approximate surface area is 122 Å². The van der Waals surface area contributed by atoms with Gasteiger partial charge in [0.05, 0.1) is 0 Å². The lowest BCUT2D eigenvalue weighted by atomic mass is 10.3. The van der Waals surface area contributed by atoms with Crippen LogP contribution < -0.4 is 4.72 Å². The summed E-state index contributed by atoms with van der Waals surface area (Å²) >= 11 is 0.918. The highest BCUT2D eigenvalue weighted by molar-refractivity contribution is 7.89. The second-order valence-electron chi connectivity index (χ2n) is 4.25. The van der Waals surface area contributed by atoms with Crippen molar-refractivity contribution >= 4 is 27.3 Å². The topological polar surface area (TPSA) is 92.7 Å². The predicted octanol–water partition coefficient (Wildman–Crippen LogP) is 1.85. The molecule has 20 heavy (non-hydrogen) atoms. The summed E-state index contributed by atoms with van der Waals surface area (Å²) in [5.41, 5.74) is 0.446. The van der Waals surface area contributed by atoms with Crippen LogP contribution in [0.3, 0.4) is 0 Å². The molecule has 0 radical (unpaired) electrons. The number of aromatic carboxylic acids is 1. The van der Waals surface area contributed by atoms with Gasteiger partial charge >= 0.3 is 5.97 Å². The summed E-state index contributed by atoms with van der Waals surface area (Å²) in [7, 11) is -3.79. The Morgan fingerprint density at radius 3 is 2.75 bits per heavy atom. The van der Waals surface area contributed by atoms with Crippen molar-refractivity contribution < 1.29 is 23.1 Å². The van der Waals surface area contributed by atoms with Gasteiger partial charge in [-0.05, 0) is 30.7 Å². The standard InChI is InChI=1S/C12H19NO5S2/c1-3-6-18-7-4-5-13-20(16,17)11-9(2)8-19-10(11)12(14)15/h8,13H,3-7H2,1-2H3,(H,14,15). The Hall–Kier alpha value is -0.960. The first kappa shape index (κ1) is 17.1. The number of ether oxygens (including phenoxy) is 1. The van der Waals surface area contributed by atoms with Crippen LogP contribution in [-0.2, 0) is 14.8 Å². The highest BCUT2D eigenvalue weighted by Crippen LogP contribution is 2.26. The third-order valence-corrected chi connectivity index (χ3v) is 5.35. The summed E-state index contributed by atoms with van der Waals surface area (Å²) in [4.78, 5) is 10.7. The molecule has 0 bridgehead atoms. The lowest BCUT2D eigenvalue weighted by Gasteiger charge is -2.08. The zero-order valence-corrected chi connectivity index (χ0v) is 13.1. The van der Waals surface area contributed by atoms with Gasteiger partial charge in [-0.2, -0.15) is 0 Å². The van der Waals surface area contributed by atoms with E-state index in [-0.39, 0.29) is 16.3 Å². The van der Waals surface area contributed by atoms with E-state index >= 15 is 0 Å². The number of carboxylic acids is 1. The van der Waals surface area contributed by atoms with Crippen molar-refractivity contribution in [1.29, 1.82) is 0 Å². The van der Waals surface area contributed by atoms with Crippen LogP contribution >= 0.6 is 11.3 Å². The van der Waals surface area contributed by atoms with E-state index in [9.17, 15) is 13.2 Å². The second-order valence-corrected chi connectivity index (χ2v) is 6.83. The van der Waals surface area contributed by atoms with Crippen LogP contribution in [-0.4, -0.2) is 39.3 Å². The number of carbonyl (C=O) groups is 1. The molecular formula is C12H19NO5S2. The van der Waals surface area contributed by atoms with Gasteiger partial charge in [-0.1, -0.05) is 6.92 Å². The molecule has 0 fully saturated rings. The number of aryl methyl sites for hydroxylation is 1. The number of sulfonamides is 1. The summed E-state index contributed by atoms with van der Waals surface area (Å²) in [5, 5.41) is 10.5. The lowest BCUT2D eigenvalue weighted by molar-refractivity contribution is 0.0698. The quantitative estimate of drug-likeness (QED) is 0.677. The predicted molar refractivity (Wildman–Crippen MR) is 76.9 cm³/mol. The smallest absolute Gasteiger partial charge is 0.347 e. The third kappa shape index (κ3) is 4.55. The molecular weight excluding hydrogens is 302 g/mol. The van der Waals surface area contributed by atoms with Gasteiger partial charge < -0.3 is 9.84 Å². The van der Waals surface area contributed by atoms with Crippen molar-refractivity contribution in [2.45, 2.75) is 31.6 Å². The van der Waals surface area contributed by atoms with E-state index in [0.29, 0.717) is 25.2 Å². The Bertz CT molecular complexity index is 550. The zero-order valence-electron chi connectivity index (χ0n) is 11.5. The fourth-order valence-corrected chi connectivity index (χ4v) is 4.32. The monoisotopic (exact) mass is 321 g/mol. The summed E-state index contributed by atoms with van der Waals surface area (Å²) in [6.07, 6.45) is 1.46. The Balaban J connectivity index is 2.65. The molecule has 6 nitrogen and oxygen atoms in total. The van der Waals surface area contributed by atoms with Gasteiger partial charge in [0.2, 0.25) is 10.0 Å². The number of hydrogen-bond acceptors (Lipinski definition) is 5. The minimum Gasteiger partial charge on any atom is -0.477 e. The molecule has 114 valence electrons. The number of thiophene rings is 1. The molecule has 1 rings (SSSR count). The fourth-order valence-electron chi connectivity index (χ4n) is 1.61. The molecule has 0 unspecified atom stereocenters. The molecule has 0 aliphatic rings. The molecule has 0 spiro atoms.